The number of nitrogens with one attached hydrogen (secondary N) is 1. The molecule has 0 atom stereocenters. The molecule has 0 bridgehead atoms. The molecule has 0 saturated heterocycles. The fraction of sp³-hybridized carbons (Fsp3) is 1.00. The van der Waals surface area contributed by atoms with E-state index in [-0.39, 0.29) is 5.88 Å². The van der Waals surface area contributed by atoms with E-state index in [2.05, 4.69) is 5.32 Å². The second kappa shape index (κ2) is 2.98. The third kappa shape index (κ3) is 3.42. The number of hydrogen-bond donors (Lipinski definition) is 1. The summed E-state index contributed by atoms with van der Waals surface area (Å²) in [6.07, 6.45) is 0. The molecule has 0 radical (unpaired) electrons. The highest BCUT2D eigenvalue weighted by molar-refractivity contribution is 6.51. The van der Waals surface area contributed by atoms with Crippen LogP contribution in [-0.4, -0.2) is 17.4 Å². The summed E-state index contributed by atoms with van der Waals surface area (Å²) in [6, 6.07) is 0. The molecule has 0 saturated carbocycles. The monoisotopic (exact) mass is 161 g/mol. The van der Waals surface area contributed by atoms with Crippen molar-refractivity contribution in [2.75, 3.05) is 12.9 Å². The maximum atomic E-state index is 5.43. The Bertz CT molecular complexity index is 48.1. The minimum atomic E-state index is -0.957. The van der Waals surface area contributed by atoms with Crippen molar-refractivity contribution < 1.29 is 0 Å². The zero-order valence-electron chi connectivity index (χ0n) is 3.84. The van der Waals surface area contributed by atoms with Crippen LogP contribution in [0.15, 0.2) is 0 Å². The van der Waals surface area contributed by atoms with Crippen LogP contribution in [0.1, 0.15) is 0 Å². The lowest BCUT2D eigenvalue weighted by Crippen LogP contribution is -2.31. The lowest BCUT2D eigenvalue weighted by molar-refractivity contribution is 0.734. The van der Waals surface area contributed by atoms with Crippen molar-refractivity contribution in [2.24, 2.45) is 0 Å². The van der Waals surface area contributed by atoms with Gasteiger partial charge in [-0.15, -0.1) is 11.6 Å². The molecule has 0 aromatic heterocycles. The van der Waals surface area contributed by atoms with E-state index in [9.17, 15) is 0 Å². The largest absolute Gasteiger partial charge is 0.288 e. The first-order chi connectivity index (χ1) is 3.12. The van der Waals surface area contributed by atoms with Gasteiger partial charge in [-0.1, -0.05) is 23.2 Å². The Balaban J connectivity index is 3.36. The molecule has 44 valence electrons. The minimum Gasteiger partial charge on any atom is -0.288 e. The van der Waals surface area contributed by atoms with Gasteiger partial charge in [0.1, 0.15) is 0 Å². The predicted molar refractivity (Wildman–Crippen MR) is 34.2 cm³/mol. The zero-order valence-corrected chi connectivity index (χ0v) is 6.11. The van der Waals surface area contributed by atoms with Crippen molar-refractivity contribution in [1.82, 2.24) is 5.32 Å². The normalized spacial score (nSPS) is 12.0. The molecule has 0 aliphatic rings. The van der Waals surface area contributed by atoms with Crippen LogP contribution >= 0.6 is 34.8 Å². The Labute approximate surface area is 57.9 Å². The molecule has 7 heavy (non-hydrogen) atoms. The lowest BCUT2D eigenvalue weighted by Gasteiger charge is -2.12. The fourth-order valence-corrected chi connectivity index (χ4v) is 0.200. The molecule has 0 amide bonds. The van der Waals surface area contributed by atoms with E-state index < -0.39 is 4.46 Å². The van der Waals surface area contributed by atoms with Gasteiger partial charge in [0.15, 0.2) is 4.46 Å². The molecule has 4 heteroatoms. The Morgan fingerprint density at radius 1 is 1.57 bits per heavy atom. The lowest BCUT2D eigenvalue weighted by atomic mass is 10.7. The zero-order chi connectivity index (χ0) is 5.91. The van der Waals surface area contributed by atoms with Gasteiger partial charge in [0, 0.05) is 0 Å². The van der Waals surface area contributed by atoms with E-state index in [1.807, 2.05) is 0 Å². The van der Waals surface area contributed by atoms with Gasteiger partial charge in [0.25, 0.3) is 0 Å². The predicted octanol–water partition coefficient (Wildman–Crippen LogP) is 1.58. The highest BCUT2D eigenvalue weighted by atomic mass is 35.5. The second-order valence-electron chi connectivity index (χ2n) is 1.09. The molecule has 0 aromatic carbocycles. The van der Waals surface area contributed by atoms with Gasteiger partial charge in [-0.2, -0.15) is 0 Å². The quantitative estimate of drug-likeness (QED) is 0.480. The number of hydrogen-bond acceptors (Lipinski definition) is 1. The van der Waals surface area contributed by atoms with Crippen LogP contribution in [0.2, 0.25) is 0 Å². The third-order valence-electron chi connectivity index (χ3n) is 0.534. The topological polar surface area (TPSA) is 12.0 Å². The molecule has 0 unspecified atom stereocenters. The Hall–Kier alpha value is 0.830. The van der Waals surface area contributed by atoms with Gasteiger partial charge < -0.3 is 0 Å². The van der Waals surface area contributed by atoms with Gasteiger partial charge in [-0.25, -0.2) is 0 Å². The number of alkyl halides is 3. The van der Waals surface area contributed by atoms with Gasteiger partial charge in [0.2, 0.25) is 0 Å². The summed E-state index contributed by atoms with van der Waals surface area (Å²) >= 11 is 16.1. The molecule has 0 aliphatic heterocycles. The smallest absolute Gasteiger partial charge is 0.182 e. The molecule has 1 N–H and O–H groups in total. The summed E-state index contributed by atoms with van der Waals surface area (Å²) in [6.45, 7) is 0. The average molecular weight is 162 g/mol. The van der Waals surface area contributed by atoms with Crippen LogP contribution in [0.3, 0.4) is 0 Å². The highest BCUT2D eigenvalue weighted by Crippen LogP contribution is 2.16. The van der Waals surface area contributed by atoms with Crippen molar-refractivity contribution in [2.45, 2.75) is 4.46 Å². The van der Waals surface area contributed by atoms with Crippen molar-refractivity contribution in [3.63, 3.8) is 0 Å². The summed E-state index contributed by atoms with van der Waals surface area (Å²) < 4.78 is -0.957. The van der Waals surface area contributed by atoms with Crippen LogP contribution in [0.25, 0.3) is 0 Å². The van der Waals surface area contributed by atoms with Crippen LogP contribution in [0, 0.1) is 0 Å². The number of halogens is 3. The highest BCUT2D eigenvalue weighted by Gasteiger charge is 2.17. The van der Waals surface area contributed by atoms with E-state index in [0.717, 1.165) is 0 Å². The van der Waals surface area contributed by atoms with Gasteiger partial charge in [-0.05, 0) is 7.05 Å². The molecule has 0 fully saturated rings. The average Bonchev–Trinajstić information content (AvgIpc) is 1.68. The van der Waals surface area contributed by atoms with E-state index in [0.29, 0.717) is 0 Å². The summed E-state index contributed by atoms with van der Waals surface area (Å²) in [5.74, 6) is 0.187. The van der Waals surface area contributed by atoms with Crippen molar-refractivity contribution in [3.8, 4) is 0 Å². The van der Waals surface area contributed by atoms with Crippen LogP contribution in [-0.2, 0) is 0 Å². The van der Waals surface area contributed by atoms with Crippen molar-refractivity contribution in [1.29, 1.82) is 0 Å². The SMILES string of the molecule is CNC(Cl)(Cl)CCl. The maximum Gasteiger partial charge on any atom is 0.182 e. The van der Waals surface area contributed by atoms with Gasteiger partial charge in [-0.3, -0.25) is 5.32 Å². The Kier molecular flexibility index (Phi) is 3.33. The molecule has 0 rings (SSSR count). The first kappa shape index (κ1) is 7.83. The standard InChI is InChI=1S/C3H6Cl3N/c1-7-3(5,6)2-4/h7H,2H2,1H3. The summed E-state index contributed by atoms with van der Waals surface area (Å²) in [5.41, 5.74) is 0. The first-order valence-electron chi connectivity index (χ1n) is 1.75. The summed E-state index contributed by atoms with van der Waals surface area (Å²) in [7, 11) is 1.64. The van der Waals surface area contributed by atoms with E-state index in [4.69, 9.17) is 34.8 Å². The molecule has 0 heterocycles. The van der Waals surface area contributed by atoms with Gasteiger partial charge >= 0.3 is 0 Å². The van der Waals surface area contributed by atoms with E-state index in [1.54, 1.807) is 7.05 Å². The second-order valence-corrected chi connectivity index (χ2v) is 2.84. The van der Waals surface area contributed by atoms with Crippen LogP contribution < -0.4 is 5.32 Å². The van der Waals surface area contributed by atoms with E-state index >= 15 is 0 Å². The molecule has 1 nitrogen and oxygen atoms in total. The Morgan fingerprint density at radius 3 is 2.00 bits per heavy atom. The summed E-state index contributed by atoms with van der Waals surface area (Å²) in [5, 5.41) is 2.59. The number of rotatable bonds is 2. The third-order valence-corrected chi connectivity index (χ3v) is 1.85. The molecular weight excluding hydrogens is 156 g/mol. The van der Waals surface area contributed by atoms with Crippen LogP contribution in [0.5, 0.6) is 0 Å². The van der Waals surface area contributed by atoms with E-state index in [1.165, 1.54) is 0 Å². The van der Waals surface area contributed by atoms with Crippen molar-refractivity contribution in [3.05, 3.63) is 0 Å². The summed E-state index contributed by atoms with van der Waals surface area (Å²) in [4.78, 5) is 0. The van der Waals surface area contributed by atoms with Crippen molar-refractivity contribution >= 4 is 34.8 Å². The van der Waals surface area contributed by atoms with Gasteiger partial charge in [0.05, 0.1) is 5.88 Å². The Morgan fingerprint density at radius 2 is 2.00 bits per heavy atom. The molecule has 0 aliphatic carbocycles. The minimum absolute atomic E-state index is 0.187. The molecule has 0 spiro atoms. The molecular formula is C3H6Cl3N. The maximum absolute atomic E-state index is 5.43. The fourth-order valence-electron chi connectivity index (χ4n) is 0.0668. The molecule has 0 aromatic rings. The first-order valence-corrected chi connectivity index (χ1v) is 3.04. The van der Waals surface area contributed by atoms with Crippen LogP contribution in [0.4, 0.5) is 0 Å².